The molecule has 1 atom stereocenters. The lowest BCUT2D eigenvalue weighted by Crippen LogP contribution is -2.58. The maximum atomic E-state index is 12.6. The zero-order chi connectivity index (χ0) is 14.0. The number of Topliss-reactive ketones (excluding diaryl/α,β-unsaturated/α-hetero) is 1. The topological polar surface area (TPSA) is 29.5 Å². The molecule has 0 spiro atoms. The van der Waals surface area contributed by atoms with Crippen molar-refractivity contribution in [3.8, 4) is 0 Å². The molecule has 104 valence electrons. The largest absolute Gasteiger partial charge is 0.378 e. The smallest absolute Gasteiger partial charge is 0.179 e. The van der Waals surface area contributed by atoms with Crippen LogP contribution in [0, 0.1) is 6.92 Å². The molecule has 0 aromatic heterocycles. The van der Waals surface area contributed by atoms with E-state index in [0.717, 1.165) is 12.1 Å². The van der Waals surface area contributed by atoms with Crippen molar-refractivity contribution >= 4 is 5.78 Å². The third-order valence-corrected chi connectivity index (χ3v) is 3.89. The average molecular weight is 261 g/mol. The molecule has 1 heterocycles. The third-order valence-electron chi connectivity index (χ3n) is 3.89. The highest BCUT2D eigenvalue weighted by Crippen LogP contribution is 2.23. The predicted molar refractivity (Wildman–Crippen MR) is 76.6 cm³/mol. The monoisotopic (exact) mass is 261 g/mol. The Morgan fingerprint density at radius 3 is 2.53 bits per heavy atom. The molecule has 1 fully saturated rings. The minimum absolute atomic E-state index is 0.0853. The summed E-state index contributed by atoms with van der Waals surface area (Å²) in [6.07, 6.45) is 0. The van der Waals surface area contributed by atoms with Crippen molar-refractivity contribution in [1.82, 2.24) is 4.90 Å². The Bertz CT molecular complexity index is 450. The van der Waals surface area contributed by atoms with Crippen molar-refractivity contribution in [2.24, 2.45) is 0 Å². The van der Waals surface area contributed by atoms with Gasteiger partial charge in [0, 0.05) is 17.6 Å². The zero-order valence-electron chi connectivity index (χ0n) is 12.3. The van der Waals surface area contributed by atoms with E-state index in [1.165, 1.54) is 5.56 Å². The lowest BCUT2D eigenvalue weighted by atomic mass is 9.95. The number of morpholine rings is 1. The van der Waals surface area contributed by atoms with Crippen molar-refractivity contribution in [2.75, 3.05) is 19.8 Å². The summed E-state index contributed by atoms with van der Waals surface area (Å²) in [6, 6.07) is 7.71. The van der Waals surface area contributed by atoms with E-state index in [1.807, 2.05) is 38.1 Å². The van der Waals surface area contributed by atoms with Crippen LogP contribution in [0.15, 0.2) is 24.3 Å². The summed E-state index contributed by atoms with van der Waals surface area (Å²) in [6.45, 7) is 10.5. The standard InChI is InChI=1S/C16H23NO2/c1-12-5-7-14(8-6-12)15(18)13(2)17-9-10-19-11-16(17,3)4/h5-8,13H,9-11H2,1-4H3. The van der Waals surface area contributed by atoms with Gasteiger partial charge >= 0.3 is 0 Å². The van der Waals surface area contributed by atoms with Gasteiger partial charge in [0.2, 0.25) is 0 Å². The number of benzene rings is 1. The summed E-state index contributed by atoms with van der Waals surface area (Å²) in [5.41, 5.74) is 1.88. The van der Waals surface area contributed by atoms with Gasteiger partial charge in [0.25, 0.3) is 0 Å². The molecule has 0 bridgehead atoms. The first kappa shape index (κ1) is 14.2. The molecule has 0 saturated carbocycles. The molecular formula is C16H23NO2. The fraction of sp³-hybridized carbons (Fsp3) is 0.562. The predicted octanol–water partition coefficient (Wildman–Crippen LogP) is 2.68. The summed E-state index contributed by atoms with van der Waals surface area (Å²) in [5.74, 6) is 0.190. The maximum Gasteiger partial charge on any atom is 0.179 e. The van der Waals surface area contributed by atoms with Crippen LogP contribution in [0.5, 0.6) is 0 Å². The van der Waals surface area contributed by atoms with Crippen LogP contribution < -0.4 is 0 Å². The Hall–Kier alpha value is -1.19. The van der Waals surface area contributed by atoms with E-state index < -0.39 is 0 Å². The lowest BCUT2D eigenvalue weighted by molar-refractivity contribution is -0.0626. The Balaban J connectivity index is 2.16. The molecule has 1 unspecified atom stereocenters. The van der Waals surface area contributed by atoms with Crippen molar-refractivity contribution < 1.29 is 9.53 Å². The molecule has 1 aromatic carbocycles. The van der Waals surface area contributed by atoms with E-state index in [1.54, 1.807) is 0 Å². The van der Waals surface area contributed by atoms with Gasteiger partial charge in [-0.3, -0.25) is 9.69 Å². The Morgan fingerprint density at radius 2 is 1.95 bits per heavy atom. The number of hydrogen-bond donors (Lipinski definition) is 0. The molecule has 3 nitrogen and oxygen atoms in total. The highest BCUT2D eigenvalue weighted by Gasteiger charge is 2.36. The van der Waals surface area contributed by atoms with E-state index >= 15 is 0 Å². The Morgan fingerprint density at radius 1 is 1.32 bits per heavy atom. The number of hydrogen-bond acceptors (Lipinski definition) is 3. The van der Waals surface area contributed by atoms with Crippen LogP contribution >= 0.6 is 0 Å². The highest BCUT2D eigenvalue weighted by molar-refractivity contribution is 5.99. The van der Waals surface area contributed by atoms with E-state index in [4.69, 9.17) is 4.74 Å². The highest BCUT2D eigenvalue weighted by atomic mass is 16.5. The zero-order valence-corrected chi connectivity index (χ0v) is 12.3. The molecule has 0 radical (unpaired) electrons. The van der Waals surface area contributed by atoms with Crippen LogP contribution in [-0.4, -0.2) is 42.0 Å². The molecule has 2 rings (SSSR count). The van der Waals surface area contributed by atoms with Gasteiger partial charge in [-0.05, 0) is 27.7 Å². The molecule has 1 aliphatic rings. The second-order valence-corrected chi connectivity index (χ2v) is 5.96. The van der Waals surface area contributed by atoms with Gasteiger partial charge in [-0.2, -0.15) is 0 Å². The van der Waals surface area contributed by atoms with Crippen molar-refractivity contribution in [3.05, 3.63) is 35.4 Å². The van der Waals surface area contributed by atoms with Crippen LogP contribution in [0.1, 0.15) is 36.7 Å². The SMILES string of the molecule is Cc1ccc(C(=O)C(C)N2CCOCC2(C)C)cc1. The summed E-state index contributed by atoms with van der Waals surface area (Å²) in [5, 5.41) is 0. The maximum absolute atomic E-state index is 12.6. The fourth-order valence-electron chi connectivity index (χ4n) is 2.69. The molecule has 0 amide bonds. The number of nitrogens with zero attached hydrogens (tertiary/aromatic N) is 1. The normalized spacial score (nSPS) is 21.1. The molecule has 1 aliphatic heterocycles. The van der Waals surface area contributed by atoms with Crippen molar-refractivity contribution in [2.45, 2.75) is 39.3 Å². The lowest BCUT2D eigenvalue weighted by Gasteiger charge is -2.45. The van der Waals surface area contributed by atoms with Gasteiger partial charge in [0.1, 0.15) is 0 Å². The van der Waals surface area contributed by atoms with Crippen LogP contribution in [0.3, 0.4) is 0 Å². The number of aryl methyl sites for hydroxylation is 1. The number of carbonyl (C=O) groups excluding carboxylic acids is 1. The third kappa shape index (κ3) is 3.04. The van der Waals surface area contributed by atoms with Gasteiger partial charge in [-0.1, -0.05) is 29.8 Å². The van der Waals surface area contributed by atoms with Gasteiger partial charge in [-0.15, -0.1) is 0 Å². The average Bonchev–Trinajstić information content (AvgIpc) is 2.37. The first-order valence-corrected chi connectivity index (χ1v) is 6.87. The number of rotatable bonds is 3. The Labute approximate surface area is 115 Å². The van der Waals surface area contributed by atoms with Crippen LogP contribution in [0.4, 0.5) is 0 Å². The Kier molecular flexibility index (Phi) is 4.07. The van der Waals surface area contributed by atoms with Gasteiger partial charge in [-0.25, -0.2) is 0 Å². The van der Waals surface area contributed by atoms with Crippen LogP contribution in [-0.2, 0) is 4.74 Å². The number of carbonyl (C=O) groups is 1. The van der Waals surface area contributed by atoms with Crippen LogP contribution in [0.25, 0.3) is 0 Å². The number of ether oxygens (including phenoxy) is 1. The summed E-state index contributed by atoms with van der Waals surface area (Å²) >= 11 is 0. The van der Waals surface area contributed by atoms with Crippen molar-refractivity contribution in [1.29, 1.82) is 0 Å². The summed E-state index contributed by atoms with van der Waals surface area (Å²) in [7, 11) is 0. The molecule has 3 heteroatoms. The second-order valence-electron chi connectivity index (χ2n) is 5.96. The minimum Gasteiger partial charge on any atom is -0.378 e. The molecule has 1 aromatic rings. The van der Waals surface area contributed by atoms with Gasteiger partial charge < -0.3 is 4.74 Å². The summed E-state index contributed by atoms with van der Waals surface area (Å²) < 4.78 is 5.51. The van der Waals surface area contributed by atoms with Crippen molar-refractivity contribution in [3.63, 3.8) is 0 Å². The minimum atomic E-state index is -0.110. The van der Waals surface area contributed by atoms with E-state index in [9.17, 15) is 4.79 Å². The molecule has 0 aliphatic carbocycles. The van der Waals surface area contributed by atoms with Gasteiger partial charge in [0.05, 0.1) is 19.3 Å². The van der Waals surface area contributed by atoms with Crippen LogP contribution in [0.2, 0.25) is 0 Å². The van der Waals surface area contributed by atoms with E-state index in [0.29, 0.717) is 13.2 Å². The van der Waals surface area contributed by atoms with E-state index in [-0.39, 0.29) is 17.4 Å². The van der Waals surface area contributed by atoms with E-state index in [2.05, 4.69) is 18.7 Å². The molecule has 1 saturated heterocycles. The molecule has 0 N–H and O–H groups in total. The molecular weight excluding hydrogens is 238 g/mol. The first-order chi connectivity index (χ1) is 8.92. The van der Waals surface area contributed by atoms with Gasteiger partial charge in [0.15, 0.2) is 5.78 Å². The summed E-state index contributed by atoms with van der Waals surface area (Å²) in [4.78, 5) is 14.8. The molecule has 19 heavy (non-hydrogen) atoms. The second kappa shape index (κ2) is 5.43. The first-order valence-electron chi connectivity index (χ1n) is 6.87. The number of ketones is 1. The fourth-order valence-corrected chi connectivity index (χ4v) is 2.69. The quantitative estimate of drug-likeness (QED) is 0.783.